The topological polar surface area (TPSA) is 73.8 Å². The van der Waals surface area contributed by atoms with E-state index in [0.717, 1.165) is 40.3 Å². The Morgan fingerprint density at radius 1 is 1.06 bits per heavy atom. The summed E-state index contributed by atoms with van der Waals surface area (Å²) < 4.78 is 6.63. The highest BCUT2D eigenvalue weighted by Crippen LogP contribution is 2.33. The van der Waals surface area contributed by atoms with Gasteiger partial charge in [-0.1, -0.05) is 59.8 Å². The van der Waals surface area contributed by atoms with Crippen molar-refractivity contribution in [3.05, 3.63) is 94.3 Å². The predicted molar refractivity (Wildman–Crippen MR) is 143 cm³/mol. The Labute approximate surface area is 207 Å². The van der Waals surface area contributed by atoms with Crippen molar-refractivity contribution in [2.75, 3.05) is 0 Å². The number of aliphatic imine (C=N–C) groups is 1. The molecule has 170 valence electrons. The van der Waals surface area contributed by atoms with E-state index in [-0.39, 0.29) is 11.4 Å². The summed E-state index contributed by atoms with van der Waals surface area (Å²) in [4.78, 5) is 18.7. The number of nitrogens with zero attached hydrogens (tertiary/aromatic N) is 4. The fraction of sp³-hybridized carbons (Fsp3) is 0.154. The zero-order chi connectivity index (χ0) is 23.8. The summed E-state index contributed by atoms with van der Waals surface area (Å²) in [6.07, 6.45) is 1.78. The molecular formula is C26H23N5OS2. The van der Waals surface area contributed by atoms with Gasteiger partial charge in [-0.15, -0.1) is 0 Å². The van der Waals surface area contributed by atoms with Crippen molar-refractivity contribution in [2.45, 2.75) is 26.5 Å². The molecule has 0 bridgehead atoms. The van der Waals surface area contributed by atoms with Crippen LogP contribution in [0.2, 0.25) is 0 Å². The number of carbonyl (C=O) groups excluding carboxylic acids is 1. The number of fused-ring (bicyclic) bond motifs is 1. The van der Waals surface area contributed by atoms with Crippen molar-refractivity contribution in [2.24, 2.45) is 9.39 Å². The van der Waals surface area contributed by atoms with Crippen LogP contribution in [0.15, 0.2) is 75.6 Å². The minimum absolute atomic E-state index is 0.111. The maximum atomic E-state index is 12.8. The Balaban J connectivity index is 1.44. The van der Waals surface area contributed by atoms with Gasteiger partial charge in [-0.05, 0) is 56.2 Å². The minimum atomic E-state index is -0.409. The molecule has 0 fully saturated rings. The van der Waals surface area contributed by atoms with Gasteiger partial charge in [-0.2, -0.15) is 9.39 Å². The number of carbonyl (C=O) groups is 1. The van der Waals surface area contributed by atoms with Gasteiger partial charge in [0.1, 0.15) is 5.84 Å². The molecule has 1 aromatic heterocycles. The molecule has 0 spiro atoms. The maximum absolute atomic E-state index is 12.8. The summed E-state index contributed by atoms with van der Waals surface area (Å²) in [5.41, 5.74) is 6.67. The molecule has 1 N–H and O–H groups in total. The average molecular weight is 486 g/mol. The van der Waals surface area contributed by atoms with Crippen molar-refractivity contribution in [1.82, 2.24) is 9.47 Å². The lowest BCUT2D eigenvalue weighted by Crippen LogP contribution is -2.41. The third-order valence-electron chi connectivity index (χ3n) is 5.77. The molecule has 5 rings (SSSR count). The quantitative estimate of drug-likeness (QED) is 0.368. The van der Waals surface area contributed by atoms with Crippen LogP contribution in [0.5, 0.6) is 0 Å². The summed E-state index contributed by atoms with van der Waals surface area (Å²) >= 11 is 2.68. The normalized spacial score (nSPS) is 16.7. The van der Waals surface area contributed by atoms with Crippen molar-refractivity contribution in [3.8, 4) is 5.69 Å². The summed E-state index contributed by atoms with van der Waals surface area (Å²) in [5.74, 6) is 0.426. The van der Waals surface area contributed by atoms with Crippen molar-refractivity contribution >= 4 is 51.9 Å². The SMILES string of the molecule is Cc1ccc(-n2c(C)cc(C=C3C(=N)N4C(SCc5ccccc5)=NSC4=NC3=O)c2C)cc1. The second kappa shape index (κ2) is 9.12. The minimum Gasteiger partial charge on any atom is -0.318 e. The summed E-state index contributed by atoms with van der Waals surface area (Å²) in [7, 11) is 0. The number of rotatable bonds is 4. The van der Waals surface area contributed by atoms with Crippen LogP contribution in [-0.2, 0) is 10.5 Å². The fourth-order valence-corrected chi connectivity index (χ4v) is 5.80. The first-order chi connectivity index (χ1) is 16.4. The molecule has 0 saturated carbocycles. The number of hydrogen-bond acceptors (Lipinski definition) is 5. The van der Waals surface area contributed by atoms with Gasteiger partial charge in [0.25, 0.3) is 5.91 Å². The number of aryl methyl sites for hydroxylation is 2. The number of nitrogens with one attached hydrogen (secondary N) is 1. The lowest BCUT2D eigenvalue weighted by atomic mass is 10.1. The fourth-order valence-electron chi connectivity index (χ4n) is 4.00. The molecule has 8 heteroatoms. The number of hydrogen-bond donors (Lipinski definition) is 1. The molecular weight excluding hydrogens is 462 g/mol. The Morgan fingerprint density at radius 3 is 2.53 bits per heavy atom. The Hall–Kier alpha value is -3.36. The van der Waals surface area contributed by atoms with E-state index in [2.05, 4.69) is 57.3 Å². The smallest absolute Gasteiger partial charge is 0.283 e. The van der Waals surface area contributed by atoms with Gasteiger partial charge >= 0.3 is 0 Å². The first kappa shape index (κ1) is 22.4. The van der Waals surface area contributed by atoms with E-state index in [1.54, 1.807) is 11.0 Å². The Kier molecular flexibility index (Phi) is 6.02. The third kappa shape index (κ3) is 4.15. The van der Waals surface area contributed by atoms with Crippen LogP contribution in [0, 0.1) is 26.2 Å². The van der Waals surface area contributed by atoms with Crippen molar-refractivity contribution < 1.29 is 4.79 Å². The first-order valence-electron chi connectivity index (χ1n) is 10.8. The molecule has 3 aromatic rings. The van der Waals surface area contributed by atoms with Crippen LogP contribution >= 0.6 is 23.7 Å². The summed E-state index contributed by atoms with van der Waals surface area (Å²) in [6, 6.07) is 20.5. The highest BCUT2D eigenvalue weighted by molar-refractivity contribution is 8.18. The number of amidine groups is 3. The van der Waals surface area contributed by atoms with Gasteiger partial charge in [-0.25, -0.2) is 4.90 Å². The van der Waals surface area contributed by atoms with Crippen molar-refractivity contribution in [3.63, 3.8) is 0 Å². The molecule has 2 aliphatic rings. The van der Waals surface area contributed by atoms with E-state index in [4.69, 9.17) is 5.41 Å². The molecule has 6 nitrogen and oxygen atoms in total. The highest BCUT2D eigenvalue weighted by Gasteiger charge is 2.37. The summed E-state index contributed by atoms with van der Waals surface area (Å²) in [5, 5.41) is 9.93. The molecule has 0 atom stereocenters. The van der Waals surface area contributed by atoms with Gasteiger partial charge in [0, 0.05) is 22.8 Å². The number of amides is 1. The monoisotopic (exact) mass is 485 g/mol. The maximum Gasteiger partial charge on any atom is 0.283 e. The van der Waals surface area contributed by atoms with Crippen LogP contribution in [-0.4, -0.2) is 31.5 Å². The molecule has 0 radical (unpaired) electrons. The second-order valence-electron chi connectivity index (χ2n) is 8.18. The van der Waals surface area contributed by atoms with Gasteiger partial charge in [0.05, 0.1) is 17.5 Å². The zero-order valence-corrected chi connectivity index (χ0v) is 20.7. The molecule has 2 aromatic carbocycles. The zero-order valence-electron chi connectivity index (χ0n) is 19.1. The molecule has 3 heterocycles. The first-order valence-corrected chi connectivity index (χ1v) is 12.6. The standard InChI is InChI=1S/C26H23N5OS2/c1-16-9-11-21(12-10-16)30-17(2)13-20(18(30)3)14-22-23(27)31-25(28-24(22)32)34-29-26(31)33-15-19-7-5-4-6-8-19/h4-14,27H,15H2,1-3H3. The second-order valence-corrected chi connectivity index (χ2v) is 9.85. The van der Waals surface area contributed by atoms with E-state index in [1.807, 2.05) is 38.1 Å². The van der Waals surface area contributed by atoms with E-state index in [1.165, 1.54) is 22.9 Å². The van der Waals surface area contributed by atoms with E-state index < -0.39 is 5.91 Å². The Bertz CT molecular complexity index is 1380. The van der Waals surface area contributed by atoms with Gasteiger partial charge in [0.2, 0.25) is 5.17 Å². The largest absolute Gasteiger partial charge is 0.318 e. The van der Waals surface area contributed by atoms with Crippen LogP contribution in [0.1, 0.15) is 28.1 Å². The Morgan fingerprint density at radius 2 is 1.79 bits per heavy atom. The molecule has 0 aliphatic carbocycles. The van der Waals surface area contributed by atoms with Crippen LogP contribution in [0.25, 0.3) is 11.8 Å². The van der Waals surface area contributed by atoms with E-state index >= 15 is 0 Å². The number of thioether (sulfide) groups is 1. The number of aromatic nitrogens is 1. The van der Waals surface area contributed by atoms with Crippen molar-refractivity contribution in [1.29, 1.82) is 5.41 Å². The van der Waals surface area contributed by atoms with E-state index in [0.29, 0.717) is 10.3 Å². The van der Waals surface area contributed by atoms with Crippen LogP contribution in [0.4, 0.5) is 0 Å². The predicted octanol–water partition coefficient (Wildman–Crippen LogP) is 5.91. The molecule has 0 saturated heterocycles. The van der Waals surface area contributed by atoms with Crippen LogP contribution in [0.3, 0.4) is 0 Å². The summed E-state index contributed by atoms with van der Waals surface area (Å²) in [6.45, 7) is 6.14. The average Bonchev–Trinajstić information content (AvgIpc) is 3.36. The lowest BCUT2D eigenvalue weighted by molar-refractivity contribution is -0.114. The lowest BCUT2D eigenvalue weighted by Gasteiger charge is -2.24. The third-order valence-corrected chi connectivity index (χ3v) is 7.59. The van der Waals surface area contributed by atoms with Gasteiger partial charge in [-0.3, -0.25) is 10.2 Å². The van der Waals surface area contributed by atoms with E-state index in [9.17, 15) is 4.79 Å². The molecule has 2 aliphatic heterocycles. The molecule has 1 amide bonds. The van der Waals surface area contributed by atoms with Crippen LogP contribution < -0.4 is 0 Å². The van der Waals surface area contributed by atoms with Gasteiger partial charge < -0.3 is 4.57 Å². The van der Waals surface area contributed by atoms with Gasteiger partial charge in [0.15, 0.2) is 5.17 Å². The molecule has 34 heavy (non-hydrogen) atoms. The number of benzene rings is 2. The molecule has 0 unspecified atom stereocenters. The highest BCUT2D eigenvalue weighted by atomic mass is 32.2.